The van der Waals surface area contributed by atoms with E-state index in [0.29, 0.717) is 5.88 Å². The molecule has 146 valence electrons. The molecule has 1 N–H and O–H groups in total. The maximum atomic E-state index is 10.6. The summed E-state index contributed by atoms with van der Waals surface area (Å²) in [6.45, 7) is 1.86. The van der Waals surface area contributed by atoms with Gasteiger partial charge in [0.1, 0.15) is 0 Å². The van der Waals surface area contributed by atoms with E-state index < -0.39 is 0 Å². The highest BCUT2D eigenvalue weighted by molar-refractivity contribution is 6.17. The Labute approximate surface area is 168 Å². The normalized spacial score (nSPS) is 23.3. The van der Waals surface area contributed by atoms with Gasteiger partial charge in [0, 0.05) is 38.8 Å². The zero-order valence-corrected chi connectivity index (χ0v) is 17.2. The molecule has 2 atom stereocenters. The van der Waals surface area contributed by atoms with Gasteiger partial charge >= 0.3 is 0 Å². The summed E-state index contributed by atoms with van der Waals surface area (Å²) >= 11 is 6.02. The van der Waals surface area contributed by atoms with Crippen molar-refractivity contribution in [2.24, 2.45) is 0 Å². The molecule has 2 unspecified atom stereocenters. The summed E-state index contributed by atoms with van der Waals surface area (Å²) in [7, 11) is 4.12. The maximum Gasteiger partial charge on any atom is 0.0573 e. The first-order valence-corrected chi connectivity index (χ1v) is 10.4. The van der Waals surface area contributed by atoms with Crippen LogP contribution in [0.25, 0.3) is 0 Å². The lowest BCUT2D eigenvalue weighted by Crippen LogP contribution is -2.54. The quantitative estimate of drug-likeness (QED) is 0.719. The monoisotopic (exact) mass is 386 g/mol. The molecule has 0 aromatic heterocycles. The summed E-state index contributed by atoms with van der Waals surface area (Å²) < 4.78 is 0. The van der Waals surface area contributed by atoms with E-state index in [4.69, 9.17) is 11.6 Å². The van der Waals surface area contributed by atoms with Crippen molar-refractivity contribution in [1.82, 2.24) is 4.90 Å². The Bertz CT molecular complexity index is 702. The van der Waals surface area contributed by atoms with Crippen molar-refractivity contribution in [2.75, 3.05) is 38.0 Å². The molecule has 0 aliphatic carbocycles. The molecular weight excluding hydrogens is 356 g/mol. The molecule has 1 fully saturated rings. The molecule has 2 aromatic rings. The fourth-order valence-electron chi connectivity index (χ4n) is 4.31. The Balaban J connectivity index is 2.02. The lowest BCUT2D eigenvalue weighted by atomic mass is 9.75. The summed E-state index contributed by atoms with van der Waals surface area (Å²) in [6, 6.07) is 19.5. The number of rotatable bonds is 7. The number of aliphatic hydroxyl groups is 1. The lowest BCUT2D eigenvalue weighted by molar-refractivity contribution is -0.0257. The van der Waals surface area contributed by atoms with E-state index in [0.717, 1.165) is 38.8 Å². The number of hydrogen-bond donors (Lipinski definition) is 1. The van der Waals surface area contributed by atoms with Gasteiger partial charge < -0.3 is 10.0 Å². The van der Waals surface area contributed by atoms with Crippen molar-refractivity contribution in [1.29, 1.82) is 0 Å². The summed E-state index contributed by atoms with van der Waals surface area (Å²) in [5.74, 6) is 0.667. The summed E-state index contributed by atoms with van der Waals surface area (Å²) in [4.78, 5) is 4.67. The first-order chi connectivity index (χ1) is 13.0. The molecule has 1 aliphatic heterocycles. The van der Waals surface area contributed by atoms with Crippen LogP contribution in [0.4, 0.5) is 5.69 Å². The van der Waals surface area contributed by atoms with Crippen LogP contribution in [0, 0.1) is 0 Å². The molecule has 2 aromatic carbocycles. The average Bonchev–Trinajstić information content (AvgIpc) is 2.68. The number of aliphatic hydroxyl groups excluding tert-OH is 1. The van der Waals surface area contributed by atoms with Crippen molar-refractivity contribution in [2.45, 2.75) is 37.3 Å². The van der Waals surface area contributed by atoms with Crippen LogP contribution < -0.4 is 4.90 Å². The maximum absolute atomic E-state index is 10.6. The van der Waals surface area contributed by atoms with Crippen LogP contribution in [-0.4, -0.2) is 49.2 Å². The van der Waals surface area contributed by atoms with Crippen LogP contribution in [0.1, 0.15) is 30.4 Å². The first-order valence-electron chi connectivity index (χ1n) is 9.86. The average molecular weight is 387 g/mol. The van der Waals surface area contributed by atoms with Gasteiger partial charge in [-0.3, -0.25) is 4.90 Å². The molecular formula is C23H31ClN2O. The van der Waals surface area contributed by atoms with Gasteiger partial charge in [-0.05, 0) is 48.9 Å². The van der Waals surface area contributed by atoms with E-state index in [1.807, 2.05) is 0 Å². The fraction of sp³-hybridized carbons (Fsp3) is 0.478. The zero-order chi connectivity index (χ0) is 19.3. The highest BCUT2D eigenvalue weighted by Gasteiger charge is 2.43. The van der Waals surface area contributed by atoms with E-state index >= 15 is 0 Å². The van der Waals surface area contributed by atoms with E-state index in [-0.39, 0.29) is 11.6 Å². The Morgan fingerprint density at radius 3 is 2.44 bits per heavy atom. The Hall–Kier alpha value is -1.55. The molecule has 27 heavy (non-hydrogen) atoms. The van der Waals surface area contributed by atoms with Crippen LogP contribution in [0.3, 0.4) is 0 Å². The van der Waals surface area contributed by atoms with Crippen molar-refractivity contribution in [3.8, 4) is 0 Å². The third-order valence-corrected chi connectivity index (χ3v) is 6.00. The van der Waals surface area contributed by atoms with Gasteiger partial charge in [0.05, 0.1) is 11.6 Å². The van der Waals surface area contributed by atoms with Crippen LogP contribution in [0.15, 0.2) is 54.6 Å². The number of likely N-dealkylation sites (tertiary alicyclic amines) is 1. The van der Waals surface area contributed by atoms with Gasteiger partial charge in [-0.25, -0.2) is 0 Å². The van der Waals surface area contributed by atoms with Crippen LogP contribution in [0.5, 0.6) is 0 Å². The second-order valence-electron chi connectivity index (χ2n) is 7.81. The number of alkyl halides is 1. The highest BCUT2D eigenvalue weighted by Crippen LogP contribution is 2.41. The van der Waals surface area contributed by atoms with Gasteiger partial charge in [-0.1, -0.05) is 42.5 Å². The second kappa shape index (κ2) is 9.09. The molecule has 3 rings (SSSR count). The second-order valence-corrected chi connectivity index (χ2v) is 8.19. The van der Waals surface area contributed by atoms with Crippen LogP contribution >= 0.6 is 11.6 Å². The number of piperidine rings is 1. The number of hydrogen-bond acceptors (Lipinski definition) is 3. The van der Waals surface area contributed by atoms with Gasteiger partial charge in [0.15, 0.2) is 0 Å². The van der Waals surface area contributed by atoms with Crippen molar-refractivity contribution in [3.05, 3.63) is 65.7 Å². The summed E-state index contributed by atoms with van der Waals surface area (Å²) in [6.07, 6.45) is 3.17. The van der Waals surface area contributed by atoms with E-state index in [2.05, 4.69) is 78.5 Å². The largest absolute Gasteiger partial charge is 0.393 e. The number of halogens is 1. The van der Waals surface area contributed by atoms with Crippen molar-refractivity contribution >= 4 is 17.3 Å². The minimum absolute atomic E-state index is 0.198. The minimum atomic E-state index is -0.269. The lowest BCUT2D eigenvalue weighted by Gasteiger charge is -2.50. The molecule has 0 amide bonds. The standard InChI is InChI=1S/C23H31ClN2O/c1-25(2)21-11-9-20(10-12-21)23(17-19-7-4-3-5-8-19)18-22(27)13-16-26(23)15-6-14-24/h3-5,7-12,22,27H,6,13-18H2,1-2H3. The summed E-state index contributed by atoms with van der Waals surface area (Å²) in [5, 5.41) is 10.6. The number of anilines is 1. The molecule has 1 saturated heterocycles. The van der Waals surface area contributed by atoms with Crippen molar-refractivity contribution in [3.63, 3.8) is 0 Å². The van der Waals surface area contributed by atoms with Gasteiger partial charge in [0.25, 0.3) is 0 Å². The predicted octanol–water partition coefficient (Wildman–Crippen LogP) is 4.28. The van der Waals surface area contributed by atoms with E-state index in [9.17, 15) is 5.11 Å². The Morgan fingerprint density at radius 1 is 1.11 bits per heavy atom. The number of benzene rings is 2. The third-order valence-electron chi connectivity index (χ3n) is 5.73. The molecule has 0 radical (unpaired) electrons. The van der Waals surface area contributed by atoms with Crippen LogP contribution in [0.2, 0.25) is 0 Å². The molecule has 0 spiro atoms. The Morgan fingerprint density at radius 2 is 1.81 bits per heavy atom. The minimum Gasteiger partial charge on any atom is -0.393 e. The predicted molar refractivity (Wildman–Crippen MR) is 115 cm³/mol. The Kier molecular flexibility index (Phi) is 6.80. The molecule has 1 heterocycles. The number of nitrogens with zero attached hydrogens (tertiary/aromatic N) is 2. The zero-order valence-electron chi connectivity index (χ0n) is 16.4. The first kappa shape index (κ1) is 20.2. The topological polar surface area (TPSA) is 26.7 Å². The molecule has 3 nitrogen and oxygen atoms in total. The molecule has 1 aliphatic rings. The molecule has 0 saturated carbocycles. The fourth-order valence-corrected chi connectivity index (χ4v) is 4.43. The highest BCUT2D eigenvalue weighted by atomic mass is 35.5. The summed E-state index contributed by atoms with van der Waals surface area (Å²) in [5.41, 5.74) is 3.58. The third kappa shape index (κ3) is 4.66. The van der Waals surface area contributed by atoms with E-state index in [1.54, 1.807) is 0 Å². The SMILES string of the molecule is CN(C)c1ccc(C2(Cc3ccccc3)CC(O)CCN2CCCCl)cc1. The van der Waals surface area contributed by atoms with Gasteiger partial charge in [-0.15, -0.1) is 11.6 Å². The van der Waals surface area contributed by atoms with Gasteiger partial charge in [0.2, 0.25) is 0 Å². The molecule has 4 heteroatoms. The van der Waals surface area contributed by atoms with Gasteiger partial charge in [-0.2, -0.15) is 0 Å². The molecule has 0 bridgehead atoms. The van der Waals surface area contributed by atoms with E-state index in [1.165, 1.54) is 16.8 Å². The van der Waals surface area contributed by atoms with Crippen LogP contribution in [-0.2, 0) is 12.0 Å². The smallest absolute Gasteiger partial charge is 0.0573 e. The van der Waals surface area contributed by atoms with Crippen molar-refractivity contribution < 1.29 is 5.11 Å².